The standard InChI is InChI=1S/C25H26FN7O/c1-14-12-33-13-17(11-21(26)24(33)28-14)30-25(34)20-5-6-22(19-7-8-27-31-23(19)20)32(2)18-9-15-3-4-16(10-18)29-15/h5-8,11-13,15-16,18,29H,3-4,9-10H2,1-2H3,(H,30,34). The van der Waals surface area contributed by atoms with Crippen molar-refractivity contribution in [2.24, 2.45) is 0 Å². The lowest BCUT2D eigenvalue weighted by Gasteiger charge is -2.37. The van der Waals surface area contributed by atoms with Crippen LogP contribution < -0.4 is 15.5 Å². The van der Waals surface area contributed by atoms with Gasteiger partial charge in [-0.1, -0.05) is 0 Å². The van der Waals surface area contributed by atoms with E-state index in [1.165, 1.54) is 18.9 Å². The second-order valence-corrected chi connectivity index (χ2v) is 9.44. The number of carbonyl (C=O) groups excluding carboxylic acids is 1. The number of rotatable bonds is 4. The lowest BCUT2D eigenvalue weighted by atomic mass is 9.97. The first kappa shape index (κ1) is 21.0. The van der Waals surface area contributed by atoms with Gasteiger partial charge in [-0.2, -0.15) is 5.10 Å². The first-order valence-electron chi connectivity index (χ1n) is 11.7. The normalized spacial score (nSPS) is 21.8. The Morgan fingerprint density at radius 2 is 2.00 bits per heavy atom. The van der Waals surface area contributed by atoms with Gasteiger partial charge in [0.2, 0.25) is 0 Å². The van der Waals surface area contributed by atoms with E-state index in [0.717, 1.165) is 23.9 Å². The number of imidazole rings is 1. The van der Waals surface area contributed by atoms with Gasteiger partial charge in [-0.05, 0) is 50.8 Å². The maximum absolute atomic E-state index is 14.5. The van der Waals surface area contributed by atoms with Crippen molar-refractivity contribution in [1.29, 1.82) is 0 Å². The van der Waals surface area contributed by atoms with Crippen molar-refractivity contribution in [2.45, 2.75) is 50.7 Å². The van der Waals surface area contributed by atoms with Crippen molar-refractivity contribution in [1.82, 2.24) is 24.9 Å². The van der Waals surface area contributed by atoms with Crippen LogP contribution in [0, 0.1) is 12.7 Å². The van der Waals surface area contributed by atoms with E-state index in [2.05, 4.69) is 37.8 Å². The summed E-state index contributed by atoms with van der Waals surface area (Å²) in [6.07, 6.45) is 9.72. The van der Waals surface area contributed by atoms with E-state index in [4.69, 9.17) is 0 Å². The predicted molar refractivity (Wildman–Crippen MR) is 129 cm³/mol. The zero-order valence-corrected chi connectivity index (χ0v) is 19.1. The molecule has 174 valence electrons. The zero-order chi connectivity index (χ0) is 23.4. The number of hydrogen-bond donors (Lipinski definition) is 2. The molecule has 1 aromatic carbocycles. The highest BCUT2D eigenvalue weighted by molar-refractivity contribution is 6.13. The molecule has 0 spiro atoms. The number of fused-ring (bicyclic) bond motifs is 4. The van der Waals surface area contributed by atoms with Gasteiger partial charge in [0, 0.05) is 54.7 Å². The molecule has 1 amide bonds. The van der Waals surface area contributed by atoms with E-state index in [-0.39, 0.29) is 11.6 Å². The first-order valence-corrected chi connectivity index (χ1v) is 11.7. The van der Waals surface area contributed by atoms with Gasteiger partial charge in [0.05, 0.1) is 23.1 Å². The van der Waals surface area contributed by atoms with Gasteiger partial charge in [-0.15, -0.1) is 5.10 Å². The number of anilines is 2. The number of benzene rings is 1. The minimum atomic E-state index is -0.497. The van der Waals surface area contributed by atoms with Gasteiger partial charge in [0.1, 0.15) is 5.52 Å². The van der Waals surface area contributed by atoms with Crippen molar-refractivity contribution in [2.75, 3.05) is 17.3 Å². The van der Waals surface area contributed by atoms with Crippen LogP contribution in [0.2, 0.25) is 0 Å². The van der Waals surface area contributed by atoms with Crippen molar-refractivity contribution in [3.05, 3.63) is 59.9 Å². The fourth-order valence-corrected chi connectivity index (χ4v) is 5.55. The van der Waals surface area contributed by atoms with Gasteiger partial charge in [-0.25, -0.2) is 9.37 Å². The van der Waals surface area contributed by atoms with Crippen molar-refractivity contribution in [3.63, 3.8) is 0 Å². The van der Waals surface area contributed by atoms with Crippen molar-refractivity contribution >= 4 is 33.8 Å². The second kappa shape index (κ2) is 8.02. The molecule has 2 bridgehead atoms. The lowest BCUT2D eigenvalue weighted by molar-refractivity contribution is 0.102. The van der Waals surface area contributed by atoms with Crippen molar-refractivity contribution < 1.29 is 9.18 Å². The second-order valence-electron chi connectivity index (χ2n) is 9.44. The van der Waals surface area contributed by atoms with Crippen LogP contribution in [-0.4, -0.2) is 50.7 Å². The topological polar surface area (TPSA) is 87.5 Å². The maximum Gasteiger partial charge on any atom is 0.257 e. The smallest absolute Gasteiger partial charge is 0.257 e. The van der Waals surface area contributed by atoms with Gasteiger partial charge in [-0.3, -0.25) is 4.79 Å². The summed E-state index contributed by atoms with van der Waals surface area (Å²) < 4.78 is 16.0. The number of nitrogens with zero attached hydrogens (tertiary/aromatic N) is 5. The van der Waals surface area contributed by atoms with Crippen LogP contribution in [0.1, 0.15) is 41.7 Å². The number of hydrogen-bond acceptors (Lipinski definition) is 6. The highest BCUT2D eigenvalue weighted by Gasteiger charge is 2.35. The highest BCUT2D eigenvalue weighted by atomic mass is 19.1. The molecule has 2 unspecified atom stereocenters. The maximum atomic E-state index is 14.5. The van der Waals surface area contributed by atoms with Gasteiger partial charge in [0.15, 0.2) is 11.5 Å². The summed E-state index contributed by atoms with van der Waals surface area (Å²) in [5.74, 6) is -0.862. The molecular formula is C25H26FN7O. The Labute approximate surface area is 196 Å². The largest absolute Gasteiger partial charge is 0.371 e. The molecule has 2 aliphatic heterocycles. The average Bonchev–Trinajstić information content (AvgIpc) is 3.38. The van der Waals surface area contributed by atoms with Crippen LogP contribution >= 0.6 is 0 Å². The molecule has 2 atom stereocenters. The van der Waals surface area contributed by atoms with E-state index in [1.807, 2.05) is 12.1 Å². The summed E-state index contributed by atoms with van der Waals surface area (Å²) in [6, 6.07) is 8.54. The third-order valence-electron chi connectivity index (χ3n) is 7.16. The number of nitrogens with one attached hydrogen (secondary N) is 2. The van der Waals surface area contributed by atoms with Crippen LogP contribution in [0.15, 0.2) is 42.9 Å². The Balaban J connectivity index is 1.32. The number of piperidine rings is 1. The van der Waals surface area contributed by atoms with Gasteiger partial charge < -0.3 is 19.9 Å². The van der Waals surface area contributed by atoms with E-state index < -0.39 is 5.82 Å². The molecule has 2 N–H and O–H groups in total. The van der Waals surface area contributed by atoms with Crippen molar-refractivity contribution in [3.8, 4) is 0 Å². The fourth-order valence-electron chi connectivity index (χ4n) is 5.55. The van der Waals surface area contributed by atoms with Crippen LogP contribution in [0.25, 0.3) is 16.6 Å². The Kier molecular flexibility index (Phi) is 4.95. The van der Waals surface area contributed by atoms with E-state index in [0.29, 0.717) is 40.6 Å². The van der Waals surface area contributed by atoms with Gasteiger partial charge in [0.25, 0.3) is 5.91 Å². The summed E-state index contributed by atoms with van der Waals surface area (Å²) >= 11 is 0. The number of aromatic nitrogens is 4. The average molecular weight is 460 g/mol. The zero-order valence-electron chi connectivity index (χ0n) is 19.1. The third kappa shape index (κ3) is 3.56. The Morgan fingerprint density at radius 1 is 1.21 bits per heavy atom. The molecule has 6 rings (SSSR count). The van der Waals surface area contributed by atoms with E-state index in [9.17, 15) is 9.18 Å². The quantitative estimate of drug-likeness (QED) is 0.484. The summed E-state index contributed by atoms with van der Waals surface area (Å²) in [4.78, 5) is 19.7. The lowest BCUT2D eigenvalue weighted by Crippen LogP contribution is -2.47. The Morgan fingerprint density at radius 3 is 2.79 bits per heavy atom. The Bertz CT molecular complexity index is 1410. The third-order valence-corrected chi connectivity index (χ3v) is 7.16. The molecule has 0 radical (unpaired) electrons. The fraction of sp³-hybridized carbons (Fsp3) is 0.360. The number of amides is 1. The van der Waals surface area contributed by atoms with E-state index >= 15 is 0 Å². The number of carbonyl (C=O) groups is 1. The van der Waals surface area contributed by atoms with Gasteiger partial charge >= 0.3 is 0 Å². The molecule has 2 aliphatic rings. The molecule has 8 nitrogen and oxygen atoms in total. The molecule has 5 heterocycles. The molecule has 9 heteroatoms. The van der Waals surface area contributed by atoms with Crippen LogP contribution in [-0.2, 0) is 0 Å². The predicted octanol–water partition coefficient (Wildman–Crippen LogP) is 3.70. The monoisotopic (exact) mass is 459 g/mol. The number of pyridine rings is 1. The number of halogens is 1. The molecular weight excluding hydrogens is 433 g/mol. The molecule has 0 saturated carbocycles. The summed E-state index contributed by atoms with van der Waals surface area (Å²) in [5.41, 5.74) is 3.23. The SMILES string of the molecule is Cc1cn2cc(NC(=O)c3ccc(N(C)C4CC5CCC(C4)N5)c4ccnnc34)cc(F)c2n1. The van der Waals surface area contributed by atoms with E-state index in [1.54, 1.807) is 36.0 Å². The highest BCUT2D eigenvalue weighted by Crippen LogP contribution is 2.35. The molecule has 3 aromatic heterocycles. The molecule has 34 heavy (non-hydrogen) atoms. The molecule has 0 aliphatic carbocycles. The van der Waals surface area contributed by atoms with Crippen LogP contribution in [0.5, 0.6) is 0 Å². The summed E-state index contributed by atoms with van der Waals surface area (Å²) in [7, 11) is 2.12. The number of aryl methyl sites for hydroxylation is 1. The first-order chi connectivity index (χ1) is 16.5. The minimum Gasteiger partial charge on any atom is -0.371 e. The minimum absolute atomic E-state index is 0.227. The molecule has 2 fully saturated rings. The van der Waals surface area contributed by atoms with Crippen LogP contribution in [0.3, 0.4) is 0 Å². The summed E-state index contributed by atoms with van der Waals surface area (Å²) in [5, 5.41) is 15.7. The summed E-state index contributed by atoms with van der Waals surface area (Å²) in [6.45, 7) is 1.79. The molecule has 4 aromatic rings. The molecule has 2 saturated heterocycles. The van der Waals surface area contributed by atoms with Crippen LogP contribution in [0.4, 0.5) is 15.8 Å². The Hall–Kier alpha value is -3.59.